The first kappa shape index (κ1) is 14.5. The van der Waals surface area contributed by atoms with Crippen molar-refractivity contribution in [1.82, 2.24) is 4.90 Å². The van der Waals surface area contributed by atoms with Gasteiger partial charge in [0.15, 0.2) is 0 Å². The number of benzene rings is 1. The summed E-state index contributed by atoms with van der Waals surface area (Å²) in [6.45, 7) is 8.63. The van der Waals surface area contributed by atoms with Crippen LogP contribution in [-0.4, -0.2) is 48.7 Å². The Morgan fingerprint density at radius 1 is 1.24 bits per heavy atom. The normalized spacial score (nSPS) is 27.5. The summed E-state index contributed by atoms with van der Waals surface area (Å²) in [5.41, 5.74) is 2.37. The Hall–Kier alpha value is -1.39. The maximum absolute atomic E-state index is 12.9. The monoisotopic (exact) mass is 288 g/mol. The molecule has 2 aliphatic heterocycles. The van der Waals surface area contributed by atoms with E-state index in [0.717, 1.165) is 31.7 Å². The molecule has 21 heavy (non-hydrogen) atoms. The molecule has 0 spiro atoms. The van der Waals surface area contributed by atoms with Crippen LogP contribution in [-0.2, 0) is 16.0 Å². The van der Waals surface area contributed by atoms with Crippen LogP contribution in [0.15, 0.2) is 24.3 Å². The maximum Gasteiger partial charge on any atom is 0.244 e. The summed E-state index contributed by atoms with van der Waals surface area (Å²) in [4.78, 5) is 17.1. The van der Waals surface area contributed by atoms with E-state index in [1.54, 1.807) is 0 Å². The zero-order valence-corrected chi connectivity index (χ0v) is 13.1. The molecule has 1 saturated heterocycles. The Balaban J connectivity index is 1.74. The van der Waals surface area contributed by atoms with Gasteiger partial charge in [0.2, 0.25) is 5.91 Å². The molecule has 4 heteroatoms. The van der Waals surface area contributed by atoms with E-state index in [4.69, 9.17) is 4.74 Å². The molecule has 0 aliphatic carbocycles. The number of para-hydroxylation sites is 1. The molecule has 0 radical (unpaired) electrons. The molecule has 0 unspecified atom stereocenters. The fourth-order valence-electron chi connectivity index (χ4n) is 3.48. The van der Waals surface area contributed by atoms with Gasteiger partial charge >= 0.3 is 0 Å². The maximum atomic E-state index is 12.9. The predicted octanol–water partition coefficient (Wildman–Crippen LogP) is 2.07. The molecule has 0 aromatic heterocycles. The SMILES string of the molecule is C[C@@H]1CN([C@@H](C)C(=O)N2CCc3ccccc32)C[C@@H](C)O1. The third-order valence-corrected chi connectivity index (χ3v) is 4.51. The number of fused-ring (bicyclic) bond motifs is 1. The highest BCUT2D eigenvalue weighted by molar-refractivity contribution is 5.98. The van der Waals surface area contributed by atoms with Crippen molar-refractivity contribution in [3.05, 3.63) is 29.8 Å². The molecule has 0 N–H and O–H groups in total. The molecule has 114 valence electrons. The van der Waals surface area contributed by atoms with Crippen molar-refractivity contribution in [2.75, 3.05) is 24.5 Å². The second-order valence-electron chi connectivity index (χ2n) is 6.26. The summed E-state index contributed by atoms with van der Waals surface area (Å²) in [7, 11) is 0. The van der Waals surface area contributed by atoms with Crippen LogP contribution >= 0.6 is 0 Å². The van der Waals surface area contributed by atoms with Gasteiger partial charge in [-0.3, -0.25) is 9.69 Å². The van der Waals surface area contributed by atoms with Crippen molar-refractivity contribution >= 4 is 11.6 Å². The van der Waals surface area contributed by atoms with Crippen LogP contribution in [0.4, 0.5) is 5.69 Å². The Labute approximate surface area is 126 Å². The quantitative estimate of drug-likeness (QED) is 0.835. The second kappa shape index (κ2) is 5.78. The number of nitrogens with zero attached hydrogens (tertiary/aromatic N) is 2. The second-order valence-corrected chi connectivity index (χ2v) is 6.26. The van der Waals surface area contributed by atoms with Gasteiger partial charge in [-0.25, -0.2) is 0 Å². The highest BCUT2D eigenvalue weighted by Crippen LogP contribution is 2.28. The number of carbonyl (C=O) groups excluding carboxylic acids is 1. The smallest absolute Gasteiger partial charge is 0.244 e. The van der Waals surface area contributed by atoms with E-state index < -0.39 is 0 Å². The Morgan fingerprint density at radius 3 is 2.62 bits per heavy atom. The fourth-order valence-corrected chi connectivity index (χ4v) is 3.48. The lowest BCUT2D eigenvalue weighted by molar-refractivity contribution is -0.129. The average molecular weight is 288 g/mol. The molecule has 4 nitrogen and oxygen atoms in total. The first-order chi connectivity index (χ1) is 10.1. The minimum atomic E-state index is -0.0926. The topological polar surface area (TPSA) is 32.8 Å². The number of hydrogen-bond acceptors (Lipinski definition) is 3. The van der Waals surface area contributed by atoms with Crippen LogP contribution in [0, 0.1) is 0 Å². The summed E-state index contributed by atoms with van der Waals surface area (Å²) in [6.07, 6.45) is 1.34. The van der Waals surface area contributed by atoms with Crippen molar-refractivity contribution in [3.63, 3.8) is 0 Å². The van der Waals surface area contributed by atoms with Crippen molar-refractivity contribution in [2.24, 2.45) is 0 Å². The average Bonchev–Trinajstić information content (AvgIpc) is 2.88. The standard InChI is InChI=1S/C17H24N2O2/c1-12-10-18(11-13(2)21-12)14(3)17(20)19-9-8-15-6-4-5-7-16(15)19/h4-7,12-14H,8-11H2,1-3H3/t12-,13-,14+/m1/s1. The molecule has 2 aliphatic rings. The van der Waals surface area contributed by atoms with E-state index in [1.807, 2.05) is 24.0 Å². The highest BCUT2D eigenvalue weighted by atomic mass is 16.5. The Morgan fingerprint density at radius 2 is 1.90 bits per heavy atom. The van der Waals surface area contributed by atoms with Crippen LogP contribution < -0.4 is 4.90 Å². The molecular weight excluding hydrogens is 264 g/mol. The van der Waals surface area contributed by atoms with Gasteiger partial charge in [0.05, 0.1) is 18.2 Å². The lowest BCUT2D eigenvalue weighted by Crippen LogP contribution is -2.54. The van der Waals surface area contributed by atoms with Crippen molar-refractivity contribution in [3.8, 4) is 0 Å². The van der Waals surface area contributed by atoms with Gasteiger partial charge in [-0.15, -0.1) is 0 Å². The number of hydrogen-bond donors (Lipinski definition) is 0. The minimum absolute atomic E-state index is 0.0926. The molecule has 1 aromatic rings. The van der Waals surface area contributed by atoms with Gasteiger partial charge < -0.3 is 9.64 Å². The van der Waals surface area contributed by atoms with E-state index in [-0.39, 0.29) is 24.2 Å². The van der Waals surface area contributed by atoms with E-state index in [0.29, 0.717) is 0 Å². The molecule has 2 heterocycles. The third kappa shape index (κ3) is 2.83. The van der Waals surface area contributed by atoms with Crippen LogP contribution in [0.25, 0.3) is 0 Å². The van der Waals surface area contributed by atoms with Crippen LogP contribution in [0.5, 0.6) is 0 Å². The molecule has 0 saturated carbocycles. The van der Waals surface area contributed by atoms with Gasteiger partial charge in [0, 0.05) is 25.3 Å². The summed E-state index contributed by atoms with van der Waals surface area (Å²) >= 11 is 0. The first-order valence-electron chi connectivity index (χ1n) is 7.85. The summed E-state index contributed by atoms with van der Waals surface area (Å²) in [5.74, 6) is 0.209. The number of amides is 1. The highest BCUT2D eigenvalue weighted by Gasteiger charge is 2.34. The number of rotatable bonds is 2. The lowest BCUT2D eigenvalue weighted by Gasteiger charge is -2.39. The largest absolute Gasteiger partial charge is 0.373 e. The van der Waals surface area contributed by atoms with Crippen molar-refractivity contribution < 1.29 is 9.53 Å². The molecule has 0 bridgehead atoms. The molecule has 1 aromatic carbocycles. The summed E-state index contributed by atoms with van der Waals surface area (Å²) in [6, 6.07) is 8.13. The zero-order valence-electron chi connectivity index (χ0n) is 13.1. The van der Waals surface area contributed by atoms with Crippen LogP contribution in [0.2, 0.25) is 0 Å². The van der Waals surface area contributed by atoms with Crippen molar-refractivity contribution in [1.29, 1.82) is 0 Å². The number of anilines is 1. The molecule has 3 atom stereocenters. The van der Waals surface area contributed by atoms with E-state index in [9.17, 15) is 4.79 Å². The lowest BCUT2D eigenvalue weighted by atomic mass is 10.1. The third-order valence-electron chi connectivity index (χ3n) is 4.51. The Kier molecular flexibility index (Phi) is 4.00. The number of morpholine rings is 1. The first-order valence-corrected chi connectivity index (χ1v) is 7.85. The molecule has 3 rings (SSSR count). The zero-order chi connectivity index (χ0) is 15.0. The predicted molar refractivity (Wildman–Crippen MR) is 83.5 cm³/mol. The van der Waals surface area contributed by atoms with E-state index in [2.05, 4.69) is 30.9 Å². The van der Waals surface area contributed by atoms with Gasteiger partial charge in [-0.1, -0.05) is 18.2 Å². The summed E-state index contributed by atoms with van der Waals surface area (Å²) < 4.78 is 5.76. The fraction of sp³-hybridized carbons (Fsp3) is 0.588. The van der Waals surface area contributed by atoms with Crippen molar-refractivity contribution in [2.45, 2.75) is 45.4 Å². The van der Waals surface area contributed by atoms with Gasteiger partial charge in [0.25, 0.3) is 0 Å². The van der Waals surface area contributed by atoms with Crippen LogP contribution in [0.3, 0.4) is 0 Å². The minimum Gasteiger partial charge on any atom is -0.373 e. The summed E-state index contributed by atoms with van der Waals surface area (Å²) in [5, 5.41) is 0. The molecular formula is C17H24N2O2. The van der Waals surface area contributed by atoms with Gasteiger partial charge in [0.1, 0.15) is 0 Å². The van der Waals surface area contributed by atoms with Gasteiger partial charge in [-0.2, -0.15) is 0 Å². The van der Waals surface area contributed by atoms with Gasteiger partial charge in [-0.05, 0) is 38.8 Å². The Bertz CT molecular complexity index is 521. The molecule has 1 fully saturated rings. The molecule has 1 amide bonds. The van der Waals surface area contributed by atoms with Crippen LogP contribution in [0.1, 0.15) is 26.3 Å². The number of carbonyl (C=O) groups is 1. The number of ether oxygens (including phenoxy) is 1. The van der Waals surface area contributed by atoms with E-state index in [1.165, 1.54) is 5.56 Å². The van der Waals surface area contributed by atoms with E-state index >= 15 is 0 Å².